The summed E-state index contributed by atoms with van der Waals surface area (Å²) in [4.78, 5) is 6.27. The molecule has 1 unspecified atom stereocenters. The molecule has 1 aromatic rings. The van der Waals surface area contributed by atoms with Gasteiger partial charge in [0.25, 0.3) is 0 Å². The Bertz CT molecular complexity index is 714. The van der Waals surface area contributed by atoms with Crippen molar-refractivity contribution in [3.8, 4) is 0 Å². The Morgan fingerprint density at radius 2 is 1.71 bits per heavy atom. The first-order valence-electron chi connectivity index (χ1n) is 10.6. The number of hydrogen-bond donors (Lipinski definition) is 1. The number of azo groups is 1. The van der Waals surface area contributed by atoms with Crippen LogP contribution in [0, 0.1) is 6.92 Å². The lowest BCUT2D eigenvalue weighted by molar-refractivity contribution is -0.908. The third-order valence-electron chi connectivity index (χ3n) is 6.07. The number of aliphatic hydroxyl groups excluding tert-OH is 1. The average molecular weight is 658 g/mol. The van der Waals surface area contributed by atoms with Crippen molar-refractivity contribution in [2.24, 2.45) is 10.2 Å². The fourth-order valence-electron chi connectivity index (χ4n) is 3.60. The third-order valence-corrected chi connectivity index (χ3v) is 6.07. The molecule has 0 bridgehead atoms. The van der Waals surface area contributed by atoms with Crippen LogP contribution in [0.15, 0.2) is 40.8 Å². The second kappa shape index (κ2) is 13.8. The molecular weight excluding hydrogens is 618 g/mol. The molecule has 0 fully saturated rings. The van der Waals surface area contributed by atoms with E-state index in [2.05, 4.69) is 62.0 Å². The number of rotatable bonds is 10. The lowest BCUT2D eigenvalue weighted by Gasteiger charge is -2.35. The van der Waals surface area contributed by atoms with E-state index in [0.29, 0.717) is 6.54 Å². The molecule has 1 aromatic carbocycles. The summed E-state index contributed by atoms with van der Waals surface area (Å²) in [6.07, 6.45) is 3.52. The highest BCUT2D eigenvalue weighted by Gasteiger charge is 2.23. The van der Waals surface area contributed by atoms with Gasteiger partial charge in [0.1, 0.15) is 12.6 Å². The van der Waals surface area contributed by atoms with Crippen LogP contribution < -0.4 is 28.9 Å². The average Bonchev–Trinajstić information content (AvgIpc) is 3.02. The summed E-state index contributed by atoms with van der Waals surface area (Å²) in [6, 6.07) is 6.23. The maximum Gasteiger partial charge on any atom is 0.217 e. The van der Waals surface area contributed by atoms with Gasteiger partial charge in [0.05, 0.1) is 25.8 Å². The van der Waals surface area contributed by atoms with Crippen molar-refractivity contribution in [1.82, 2.24) is 9.80 Å². The Morgan fingerprint density at radius 1 is 1.13 bits per heavy atom. The largest absolute Gasteiger partial charge is 1.00 e. The van der Waals surface area contributed by atoms with Crippen molar-refractivity contribution in [3.05, 3.63) is 36.2 Å². The minimum Gasteiger partial charge on any atom is -1.00 e. The number of likely N-dealkylation sites (N-methyl/N-ethyl adjacent to an activating group) is 2. The van der Waals surface area contributed by atoms with Crippen LogP contribution in [-0.2, 0) is 0 Å². The van der Waals surface area contributed by atoms with Gasteiger partial charge in [-0.05, 0) is 51.5 Å². The zero-order valence-electron chi connectivity index (χ0n) is 20.0. The molecule has 31 heavy (non-hydrogen) atoms. The quantitative estimate of drug-likeness (QED) is 0.232. The van der Waals surface area contributed by atoms with Crippen molar-refractivity contribution >= 4 is 35.4 Å². The minimum atomic E-state index is -0.361. The molecule has 1 heterocycles. The molecule has 0 aromatic heterocycles. The van der Waals surface area contributed by atoms with E-state index < -0.39 is 0 Å². The predicted octanol–water partition coefficient (Wildman–Crippen LogP) is 1.01. The summed E-state index contributed by atoms with van der Waals surface area (Å²) < 4.78 is 0.885. The minimum absolute atomic E-state index is 0. The number of halogens is 2. The van der Waals surface area contributed by atoms with Crippen molar-refractivity contribution < 1.29 is 33.6 Å². The van der Waals surface area contributed by atoms with Gasteiger partial charge in [0.15, 0.2) is 0 Å². The van der Waals surface area contributed by atoms with Gasteiger partial charge in [-0.15, -0.1) is 29.1 Å². The van der Waals surface area contributed by atoms with E-state index in [1.807, 2.05) is 42.4 Å². The van der Waals surface area contributed by atoms with Crippen LogP contribution in [-0.4, -0.2) is 85.6 Å². The van der Waals surface area contributed by atoms with Gasteiger partial charge in [0, 0.05) is 45.3 Å². The van der Waals surface area contributed by atoms with Gasteiger partial charge < -0.3 is 48.3 Å². The number of aryl methyl sites for hydroxylation is 1. The van der Waals surface area contributed by atoms with E-state index in [1.165, 1.54) is 0 Å². The first-order valence-corrected chi connectivity index (χ1v) is 10.6. The van der Waals surface area contributed by atoms with Crippen LogP contribution in [0.5, 0.6) is 0 Å². The summed E-state index contributed by atoms with van der Waals surface area (Å²) in [6.45, 7) is 12.9. The second-order valence-electron chi connectivity index (χ2n) is 8.29. The maximum absolute atomic E-state index is 10.7. The van der Waals surface area contributed by atoms with E-state index in [4.69, 9.17) is 0 Å². The monoisotopic (exact) mass is 658 g/mol. The zero-order chi connectivity index (χ0) is 21.6. The molecular formula is C22H40I2N6O. The number of benzene rings is 1. The molecule has 0 saturated carbocycles. The van der Waals surface area contributed by atoms with Crippen LogP contribution in [0.3, 0.4) is 0 Å². The number of aliphatic hydroxyl groups is 1. The molecule has 178 valence electrons. The topological polar surface area (TPSA) is 54.7 Å². The van der Waals surface area contributed by atoms with Crippen molar-refractivity contribution in [2.45, 2.75) is 40.1 Å². The molecule has 1 N–H and O–H groups in total. The summed E-state index contributed by atoms with van der Waals surface area (Å²) >= 11 is 0. The highest BCUT2D eigenvalue weighted by atomic mass is 127. The Kier molecular flexibility index (Phi) is 13.5. The number of nitrogens with zero attached hydrogens (tertiary/aromatic N) is 6. The first kappa shape index (κ1) is 30.3. The Balaban J connectivity index is 0.00000450. The molecule has 0 aliphatic carbocycles. The lowest BCUT2D eigenvalue weighted by Crippen LogP contribution is -3.00. The van der Waals surface area contributed by atoms with Gasteiger partial charge in [-0.1, -0.05) is 0 Å². The SMILES string of the molecule is CCN(CC(O)C[N+](C)(CC)CC)c1ccc(N=NC2N(C)C=CN2C)c(C)c1.I.[I-]. The Morgan fingerprint density at radius 3 is 2.19 bits per heavy atom. The van der Waals surface area contributed by atoms with Gasteiger partial charge in [-0.3, -0.25) is 0 Å². The van der Waals surface area contributed by atoms with Crippen LogP contribution in [0.25, 0.3) is 0 Å². The molecule has 1 atom stereocenters. The highest BCUT2D eigenvalue weighted by molar-refractivity contribution is 14.0. The number of hydrogen-bond acceptors (Lipinski definition) is 6. The summed E-state index contributed by atoms with van der Waals surface area (Å²) in [5.74, 6) is 0. The molecule has 2 rings (SSSR count). The van der Waals surface area contributed by atoms with Crippen molar-refractivity contribution in [2.75, 3.05) is 58.8 Å². The molecule has 7 nitrogen and oxygen atoms in total. The molecule has 1 aliphatic rings. The van der Waals surface area contributed by atoms with Gasteiger partial charge in [-0.2, -0.15) is 5.11 Å². The lowest BCUT2D eigenvalue weighted by atomic mass is 10.1. The standard InChI is InChI=1S/C22H39N6O.2HI/c1-8-27(16-20(29)17-28(7,9-2)10-3)19-11-12-21(18(4)15-19)23-24-22-25(5)13-14-26(22)6;;/h11-15,20,22,29H,8-10,16-17H2,1-7H3;2*1H/q+1;;/p-1. The van der Waals surface area contributed by atoms with E-state index >= 15 is 0 Å². The fraction of sp³-hybridized carbons (Fsp3) is 0.636. The van der Waals surface area contributed by atoms with E-state index in [0.717, 1.165) is 47.6 Å². The fourth-order valence-corrected chi connectivity index (χ4v) is 3.60. The van der Waals surface area contributed by atoms with Crippen molar-refractivity contribution in [3.63, 3.8) is 0 Å². The first-order chi connectivity index (χ1) is 13.7. The van der Waals surface area contributed by atoms with Crippen LogP contribution in [0.4, 0.5) is 11.4 Å². The van der Waals surface area contributed by atoms with E-state index in [-0.39, 0.29) is 60.3 Å². The summed E-state index contributed by atoms with van der Waals surface area (Å²) in [5, 5.41) is 19.6. The third kappa shape index (κ3) is 8.32. The normalized spacial score (nSPS) is 15.2. The number of quaternary nitrogens is 1. The van der Waals surface area contributed by atoms with E-state index in [1.54, 1.807) is 0 Å². The zero-order valence-corrected chi connectivity index (χ0v) is 24.5. The molecule has 0 spiro atoms. The van der Waals surface area contributed by atoms with Gasteiger partial charge in [0.2, 0.25) is 6.29 Å². The Hall–Kier alpha value is -0.660. The van der Waals surface area contributed by atoms with Crippen LogP contribution in [0.2, 0.25) is 0 Å². The van der Waals surface area contributed by atoms with Crippen molar-refractivity contribution in [1.29, 1.82) is 0 Å². The summed E-state index contributed by atoms with van der Waals surface area (Å²) in [5.41, 5.74) is 3.07. The smallest absolute Gasteiger partial charge is 0.217 e. The van der Waals surface area contributed by atoms with Gasteiger partial charge in [-0.25, -0.2) is 0 Å². The summed E-state index contributed by atoms with van der Waals surface area (Å²) in [7, 11) is 6.19. The molecule has 9 heteroatoms. The maximum atomic E-state index is 10.7. The van der Waals surface area contributed by atoms with Crippen LogP contribution >= 0.6 is 24.0 Å². The predicted molar refractivity (Wildman–Crippen MR) is 136 cm³/mol. The van der Waals surface area contributed by atoms with Crippen LogP contribution in [0.1, 0.15) is 26.3 Å². The molecule has 0 saturated heterocycles. The van der Waals surface area contributed by atoms with Gasteiger partial charge >= 0.3 is 0 Å². The Labute approximate surface area is 222 Å². The molecule has 0 radical (unpaired) electrons. The second-order valence-corrected chi connectivity index (χ2v) is 8.29. The number of anilines is 1. The molecule has 1 aliphatic heterocycles. The highest BCUT2D eigenvalue weighted by Crippen LogP contribution is 2.26. The molecule has 0 amide bonds. The van der Waals surface area contributed by atoms with E-state index in [9.17, 15) is 5.11 Å².